The molecule has 1 amide bonds. The van der Waals surface area contributed by atoms with E-state index in [4.69, 9.17) is 23.6 Å². The number of nitrogens with one attached hydrogen (secondary N) is 1. The maximum absolute atomic E-state index is 13.8. The maximum Gasteiger partial charge on any atom is 0.416 e. The van der Waals surface area contributed by atoms with Crippen LogP contribution in [-0.2, 0) is 12.7 Å². The number of ether oxygens (including phenoxy) is 3. The third-order valence-corrected chi connectivity index (χ3v) is 9.71. The van der Waals surface area contributed by atoms with Crippen molar-refractivity contribution in [3.8, 4) is 17.2 Å². The summed E-state index contributed by atoms with van der Waals surface area (Å²) in [7, 11) is 4.44. The fourth-order valence-corrected chi connectivity index (χ4v) is 6.95. The normalized spacial score (nSPS) is 14.6. The number of hydrogen-bond acceptors (Lipinski definition) is 8. The molecule has 276 valence electrons. The molecule has 5 aromatic rings. The minimum atomic E-state index is -4.49. The SMILES string of the molecule is COc1cc(C(=O)NCC(CCN2CCCN(c3nc4ccccc4n3Cc3ccco3)CC2)c2cccc(C(F)(F)F)c2)c(C)c(OC)c1OC. The predicted molar refractivity (Wildman–Crippen MR) is 193 cm³/mol. The molecule has 3 heterocycles. The number of nitrogens with zero attached hydrogens (tertiary/aromatic N) is 4. The lowest BCUT2D eigenvalue weighted by atomic mass is 9.93. The Kier molecular flexibility index (Phi) is 11.3. The van der Waals surface area contributed by atoms with E-state index in [9.17, 15) is 18.0 Å². The number of carbonyl (C=O) groups excluding carboxylic acids is 1. The number of hydrogen-bond donors (Lipinski definition) is 1. The van der Waals surface area contributed by atoms with E-state index in [-0.39, 0.29) is 12.5 Å². The van der Waals surface area contributed by atoms with Crippen molar-refractivity contribution in [2.45, 2.75) is 38.4 Å². The van der Waals surface area contributed by atoms with Gasteiger partial charge in [0.1, 0.15) is 5.76 Å². The van der Waals surface area contributed by atoms with Crippen LogP contribution in [-0.4, -0.2) is 81.0 Å². The fraction of sp³-hybridized carbons (Fsp3) is 0.385. The number of methoxy groups -OCH3 is 3. The van der Waals surface area contributed by atoms with E-state index in [2.05, 4.69) is 25.8 Å². The number of rotatable bonds is 13. The van der Waals surface area contributed by atoms with E-state index in [0.29, 0.717) is 53.4 Å². The lowest BCUT2D eigenvalue weighted by Gasteiger charge is -2.26. The van der Waals surface area contributed by atoms with E-state index < -0.39 is 17.6 Å². The fourth-order valence-electron chi connectivity index (χ4n) is 6.95. The molecule has 3 aromatic carbocycles. The van der Waals surface area contributed by atoms with Gasteiger partial charge in [0.15, 0.2) is 11.5 Å². The van der Waals surface area contributed by atoms with Gasteiger partial charge in [-0.15, -0.1) is 0 Å². The zero-order valence-corrected chi connectivity index (χ0v) is 29.8. The molecule has 0 saturated carbocycles. The Labute approximate surface area is 301 Å². The number of imidazole rings is 1. The van der Waals surface area contributed by atoms with Crippen molar-refractivity contribution in [1.82, 2.24) is 19.8 Å². The lowest BCUT2D eigenvalue weighted by Crippen LogP contribution is -2.34. The van der Waals surface area contributed by atoms with Gasteiger partial charge < -0.3 is 38.3 Å². The van der Waals surface area contributed by atoms with E-state index in [1.807, 2.05) is 30.3 Å². The molecule has 1 aliphatic rings. The van der Waals surface area contributed by atoms with Crippen LogP contribution in [0, 0.1) is 6.92 Å². The molecular weight excluding hydrogens is 675 g/mol. The Morgan fingerprint density at radius 2 is 1.75 bits per heavy atom. The third-order valence-electron chi connectivity index (χ3n) is 9.71. The van der Waals surface area contributed by atoms with Crippen LogP contribution in [0.1, 0.15) is 51.6 Å². The van der Waals surface area contributed by atoms with Gasteiger partial charge in [-0.1, -0.05) is 30.3 Å². The van der Waals surface area contributed by atoms with Crippen LogP contribution in [0.5, 0.6) is 17.2 Å². The summed E-state index contributed by atoms with van der Waals surface area (Å²) in [6.45, 7) is 6.17. The zero-order chi connectivity index (χ0) is 36.8. The Hall–Kier alpha value is -5.17. The smallest absolute Gasteiger partial charge is 0.416 e. The summed E-state index contributed by atoms with van der Waals surface area (Å²) >= 11 is 0. The van der Waals surface area contributed by atoms with Gasteiger partial charge in [-0.2, -0.15) is 13.2 Å². The number of aromatic nitrogens is 2. The molecule has 1 atom stereocenters. The van der Waals surface area contributed by atoms with Crippen molar-refractivity contribution in [1.29, 1.82) is 0 Å². The third kappa shape index (κ3) is 7.99. The molecule has 13 heteroatoms. The van der Waals surface area contributed by atoms with E-state index in [1.54, 1.807) is 25.3 Å². The number of furan rings is 1. The van der Waals surface area contributed by atoms with Gasteiger partial charge >= 0.3 is 6.18 Å². The number of benzene rings is 3. The molecule has 52 heavy (non-hydrogen) atoms. The van der Waals surface area contributed by atoms with Crippen molar-refractivity contribution in [2.24, 2.45) is 0 Å². The quantitative estimate of drug-likeness (QED) is 0.137. The summed E-state index contributed by atoms with van der Waals surface area (Å²) in [6.07, 6.45) is -1.40. The minimum Gasteiger partial charge on any atom is -0.493 e. The Morgan fingerprint density at radius 1 is 0.942 bits per heavy atom. The molecule has 1 fully saturated rings. The molecule has 10 nitrogen and oxygen atoms in total. The van der Waals surface area contributed by atoms with Crippen LogP contribution in [0.25, 0.3) is 11.0 Å². The molecule has 0 bridgehead atoms. The van der Waals surface area contributed by atoms with Gasteiger partial charge in [0.05, 0.1) is 50.7 Å². The van der Waals surface area contributed by atoms with Gasteiger partial charge in [-0.3, -0.25) is 4.79 Å². The van der Waals surface area contributed by atoms with Gasteiger partial charge in [0, 0.05) is 43.2 Å². The van der Waals surface area contributed by atoms with Crippen LogP contribution >= 0.6 is 0 Å². The second-order valence-corrected chi connectivity index (χ2v) is 12.9. The van der Waals surface area contributed by atoms with Crippen LogP contribution in [0.2, 0.25) is 0 Å². The van der Waals surface area contributed by atoms with Crippen LogP contribution < -0.4 is 24.4 Å². The predicted octanol–water partition coefficient (Wildman–Crippen LogP) is 7.15. The highest BCUT2D eigenvalue weighted by Gasteiger charge is 2.31. The Balaban J connectivity index is 1.18. The first-order valence-corrected chi connectivity index (χ1v) is 17.3. The number of halogens is 3. The summed E-state index contributed by atoms with van der Waals surface area (Å²) in [6, 6.07) is 18.9. The molecule has 0 spiro atoms. The first-order valence-electron chi connectivity index (χ1n) is 17.3. The number of amides is 1. The zero-order valence-electron chi connectivity index (χ0n) is 29.8. The summed E-state index contributed by atoms with van der Waals surface area (Å²) in [5, 5.41) is 2.98. The van der Waals surface area contributed by atoms with Gasteiger partial charge in [0.25, 0.3) is 5.91 Å². The minimum absolute atomic E-state index is 0.132. The molecule has 0 aliphatic carbocycles. The highest BCUT2D eigenvalue weighted by atomic mass is 19.4. The first kappa shape index (κ1) is 36.6. The average molecular weight is 720 g/mol. The highest BCUT2D eigenvalue weighted by molar-refractivity contribution is 5.97. The van der Waals surface area contributed by atoms with Crippen molar-refractivity contribution < 1.29 is 36.6 Å². The topological polar surface area (TPSA) is 94.2 Å². The summed E-state index contributed by atoms with van der Waals surface area (Å²) in [5.74, 6) is 2.01. The van der Waals surface area contributed by atoms with Crippen LogP contribution in [0.3, 0.4) is 0 Å². The second-order valence-electron chi connectivity index (χ2n) is 12.9. The molecule has 1 aliphatic heterocycles. The van der Waals surface area contributed by atoms with Crippen molar-refractivity contribution in [3.63, 3.8) is 0 Å². The molecule has 1 N–H and O–H groups in total. The van der Waals surface area contributed by atoms with Crippen molar-refractivity contribution >= 4 is 22.9 Å². The number of anilines is 1. The average Bonchev–Trinajstić information content (AvgIpc) is 3.73. The van der Waals surface area contributed by atoms with Gasteiger partial charge in [0.2, 0.25) is 11.7 Å². The van der Waals surface area contributed by atoms with E-state index in [1.165, 1.54) is 33.5 Å². The molecule has 1 unspecified atom stereocenters. The molecular formula is C39H44F3N5O5. The monoisotopic (exact) mass is 719 g/mol. The molecule has 1 saturated heterocycles. The highest BCUT2D eigenvalue weighted by Crippen LogP contribution is 2.41. The van der Waals surface area contributed by atoms with Gasteiger partial charge in [-0.25, -0.2) is 4.98 Å². The summed E-state index contributed by atoms with van der Waals surface area (Å²) in [5.41, 5.74) is 2.62. The summed E-state index contributed by atoms with van der Waals surface area (Å²) < 4.78 is 65.6. The number of carbonyl (C=O) groups is 1. The number of para-hydroxylation sites is 2. The van der Waals surface area contributed by atoms with E-state index in [0.717, 1.165) is 61.4 Å². The van der Waals surface area contributed by atoms with Crippen LogP contribution in [0.15, 0.2) is 77.4 Å². The standard InChI is InChI=1S/C39H44F3N5O5/c1-26-31(23-34(49-2)36(51-4)35(26)50-3)37(48)43-24-28(27-10-7-11-29(22-27)39(40,41)42)15-18-45-16-9-17-46(20-19-45)38-44-32-13-5-6-14-33(32)47(38)25-30-12-8-21-52-30/h5-8,10-14,21-23,28H,9,15-20,24-25H2,1-4H3,(H,43,48). The van der Waals surface area contributed by atoms with Crippen molar-refractivity contribution in [3.05, 3.63) is 101 Å². The number of fused-ring (bicyclic) bond motifs is 1. The lowest BCUT2D eigenvalue weighted by molar-refractivity contribution is -0.137. The number of alkyl halides is 3. The maximum atomic E-state index is 13.8. The van der Waals surface area contributed by atoms with Crippen LogP contribution in [0.4, 0.5) is 19.1 Å². The summed E-state index contributed by atoms with van der Waals surface area (Å²) in [4.78, 5) is 23.2. The Bertz CT molecular complexity index is 1980. The molecule has 2 aromatic heterocycles. The van der Waals surface area contributed by atoms with E-state index >= 15 is 0 Å². The molecule has 6 rings (SSSR count). The van der Waals surface area contributed by atoms with Gasteiger partial charge in [-0.05, 0) is 74.8 Å². The largest absolute Gasteiger partial charge is 0.493 e. The Morgan fingerprint density at radius 3 is 2.48 bits per heavy atom. The molecule has 0 radical (unpaired) electrons. The first-order chi connectivity index (χ1) is 25.1. The second kappa shape index (κ2) is 16.0. The van der Waals surface area contributed by atoms with Crippen molar-refractivity contribution in [2.75, 3.05) is 65.5 Å².